The van der Waals surface area contributed by atoms with Crippen molar-refractivity contribution in [3.8, 4) is 0 Å². The molecule has 2 aromatic rings. The molecule has 0 fully saturated rings. The summed E-state index contributed by atoms with van der Waals surface area (Å²) in [6.45, 7) is 2.10. The van der Waals surface area contributed by atoms with Crippen LogP contribution in [0.4, 0.5) is 10.1 Å². The van der Waals surface area contributed by atoms with Crippen molar-refractivity contribution in [2.45, 2.75) is 13.5 Å². The van der Waals surface area contributed by atoms with Crippen LogP contribution < -0.4 is 16.6 Å². The maximum absolute atomic E-state index is 13.1. The van der Waals surface area contributed by atoms with E-state index in [9.17, 15) is 9.18 Å². The van der Waals surface area contributed by atoms with Crippen LogP contribution in [0.25, 0.3) is 0 Å². The number of anilines is 1. The van der Waals surface area contributed by atoms with Gasteiger partial charge < -0.3 is 10.7 Å². The van der Waals surface area contributed by atoms with Crippen LogP contribution in [-0.2, 0) is 6.54 Å². The average Bonchev–Trinajstić information content (AvgIpc) is 2.48. The molecule has 4 nitrogen and oxygen atoms in total. The van der Waals surface area contributed by atoms with Crippen LogP contribution in [0.1, 0.15) is 21.5 Å². The third kappa shape index (κ3) is 3.71. The van der Waals surface area contributed by atoms with E-state index in [1.807, 2.05) is 6.92 Å². The fraction of sp³-hybridized carbons (Fsp3) is 0.133. The molecule has 6 heteroatoms. The summed E-state index contributed by atoms with van der Waals surface area (Å²) < 4.78 is 13.1. The van der Waals surface area contributed by atoms with Crippen LogP contribution in [0.5, 0.6) is 0 Å². The number of aryl methyl sites for hydroxylation is 1. The maximum atomic E-state index is 13.1. The van der Waals surface area contributed by atoms with E-state index in [2.05, 4.69) is 10.7 Å². The molecule has 0 heterocycles. The summed E-state index contributed by atoms with van der Waals surface area (Å²) in [7, 11) is 0. The Morgan fingerprint density at radius 1 is 1.29 bits per heavy atom. The summed E-state index contributed by atoms with van der Waals surface area (Å²) in [6, 6.07) is 9.54. The van der Waals surface area contributed by atoms with Gasteiger partial charge in [-0.05, 0) is 48.4 Å². The molecule has 0 spiro atoms. The zero-order chi connectivity index (χ0) is 15.4. The van der Waals surface area contributed by atoms with Gasteiger partial charge in [0.25, 0.3) is 5.91 Å². The number of benzene rings is 2. The molecule has 0 aliphatic carbocycles. The third-order valence-electron chi connectivity index (χ3n) is 3.07. The number of halogens is 2. The Labute approximate surface area is 127 Å². The molecular weight excluding hydrogens is 293 g/mol. The molecule has 0 unspecified atom stereocenters. The van der Waals surface area contributed by atoms with Crippen molar-refractivity contribution >= 4 is 23.2 Å². The Morgan fingerprint density at radius 3 is 2.67 bits per heavy atom. The summed E-state index contributed by atoms with van der Waals surface area (Å²) >= 11 is 5.70. The summed E-state index contributed by atoms with van der Waals surface area (Å²) in [5.41, 5.74) is 5.34. The SMILES string of the molecule is Cc1cc(NN)ccc1C(=O)NCc1ccc(F)c(Cl)c1. The molecule has 110 valence electrons. The molecule has 4 N–H and O–H groups in total. The van der Waals surface area contributed by atoms with Crippen molar-refractivity contribution in [1.29, 1.82) is 0 Å². The van der Waals surface area contributed by atoms with Gasteiger partial charge in [0.1, 0.15) is 5.82 Å². The van der Waals surface area contributed by atoms with Gasteiger partial charge in [-0.2, -0.15) is 0 Å². The monoisotopic (exact) mass is 307 g/mol. The number of carbonyl (C=O) groups excluding carboxylic acids is 1. The summed E-state index contributed by atoms with van der Waals surface area (Å²) in [6.07, 6.45) is 0. The Balaban J connectivity index is 2.06. The van der Waals surface area contributed by atoms with Crippen LogP contribution in [0.2, 0.25) is 5.02 Å². The van der Waals surface area contributed by atoms with Crippen molar-refractivity contribution in [3.63, 3.8) is 0 Å². The third-order valence-corrected chi connectivity index (χ3v) is 3.36. The first-order chi connectivity index (χ1) is 10.0. The summed E-state index contributed by atoms with van der Waals surface area (Å²) in [5.74, 6) is 4.62. The van der Waals surface area contributed by atoms with Crippen molar-refractivity contribution < 1.29 is 9.18 Å². The number of amides is 1. The van der Waals surface area contributed by atoms with Crippen LogP contribution in [-0.4, -0.2) is 5.91 Å². The van der Waals surface area contributed by atoms with Gasteiger partial charge in [-0.25, -0.2) is 4.39 Å². The standard InChI is InChI=1S/C15H15ClFN3O/c1-9-6-11(20-18)3-4-12(9)15(21)19-8-10-2-5-14(17)13(16)7-10/h2-7,20H,8,18H2,1H3,(H,19,21). The fourth-order valence-electron chi connectivity index (χ4n) is 1.94. The second-order valence-corrected chi connectivity index (χ2v) is 5.01. The normalized spacial score (nSPS) is 10.3. The minimum absolute atomic E-state index is 0.0382. The van der Waals surface area contributed by atoms with E-state index in [-0.39, 0.29) is 17.5 Å². The largest absolute Gasteiger partial charge is 0.348 e. The minimum Gasteiger partial charge on any atom is -0.348 e. The first-order valence-electron chi connectivity index (χ1n) is 6.30. The lowest BCUT2D eigenvalue weighted by molar-refractivity contribution is 0.0950. The zero-order valence-corrected chi connectivity index (χ0v) is 12.2. The number of hydrogen-bond donors (Lipinski definition) is 3. The quantitative estimate of drug-likeness (QED) is 0.601. The van der Waals surface area contributed by atoms with E-state index in [1.165, 1.54) is 12.1 Å². The summed E-state index contributed by atoms with van der Waals surface area (Å²) in [5, 5.41) is 2.81. The molecule has 0 saturated carbocycles. The van der Waals surface area contributed by atoms with Gasteiger partial charge in [-0.1, -0.05) is 17.7 Å². The number of carbonyl (C=O) groups is 1. The molecular formula is C15H15ClFN3O. The van der Waals surface area contributed by atoms with Gasteiger partial charge in [0, 0.05) is 17.8 Å². The van der Waals surface area contributed by atoms with Crippen molar-refractivity contribution in [1.82, 2.24) is 5.32 Å². The first-order valence-corrected chi connectivity index (χ1v) is 6.68. The number of hydrogen-bond acceptors (Lipinski definition) is 3. The molecule has 0 aliphatic rings. The first kappa shape index (κ1) is 15.3. The highest BCUT2D eigenvalue weighted by molar-refractivity contribution is 6.30. The molecule has 0 aliphatic heterocycles. The van der Waals surface area contributed by atoms with Gasteiger partial charge in [0.2, 0.25) is 0 Å². The number of nitrogens with two attached hydrogens (primary N) is 1. The van der Waals surface area contributed by atoms with E-state index in [0.717, 1.165) is 16.8 Å². The minimum atomic E-state index is -0.479. The van der Waals surface area contributed by atoms with Crippen molar-refractivity contribution in [2.75, 3.05) is 5.43 Å². The Morgan fingerprint density at radius 2 is 2.05 bits per heavy atom. The van der Waals surface area contributed by atoms with E-state index in [1.54, 1.807) is 24.3 Å². The number of nitrogens with one attached hydrogen (secondary N) is 2. The van der Waals surface area contributed by atoms with E-state index in [0.29, 0.717) is 5.56 Å². The molecule has 2 aromatic carbocycles. The van der Waals surface area contributed by atoms with Gasteiger partial charge in [-0.3, -0.25) is 10.6 Å². The van der Waals surface area contributed by atoms with Gasteiger partial charge in [-0.15, -0.1) is 0 Å². The van der Waals surface area contributed by atoms with E-state index in [4.69, 9.17) is 17.4 Å². The zero-order valence-electron chi connectivity index (χ0n) is 11.4. The Hall–Kier alpha value is -2.11. The highest BCUT2D eigenvalue weighted by atomic mass is 35.5. The van der Waals surface area contributed by atoms with E-state index < -0.39 is 5.82 Å². The second-order valence-electron chi connectivity index (χ2n) is 4.61. The Kier molecular flexibility index (Phi) is 4.77. The molecule has 1 amide bonds. The van der Waals surface area contributed by atoms with Crippen LogP contribution >= 0.6 is 11.6 Å². The molecule has 0 bridgehead atoms. The molecule has 0 atom stereocenters. The van der Waals surface area contributed by atoms with Crippen molar-refractivity contribution in [3.05, 3.63) is 63.9 Å². The second kappa shape index (κ2) is 6.56. The van der Waals surface area contributed by atoms with Gasteiger partial charge in [0.15, 0.2) is 0 Å². The fourth-order valence-corrected chi connectivity index (χ4v) is 2.14. The lowest BCUT2D eigenvalue weighted by Crippen LogP contribution is -2.23. The smallest absolute Gasteiger partial charge is 0.251 e. The molecule has 0 aromatic heterocycles. The average molecular weight is 308 g/mol. The van der Waals surface area contributed by atoms with Gasteiger partial charge in [0.05, 0.1) is 5.02 Å². The number of nitrogen functional groups attached to an aromatic ring is 1. The van der Waals surface area contributed by atoms with E-state index >= 15 is 0 Å². The lowest BCUT2D eigenvalue weighted by Gasteiger charge is -2.10. The molecule has 0 radical (unpaired) electrons. The lowest BCUT2D eigenvalue weighted by atomic mass is 10.1. The number of rotatable bonds is 4. The van der Waals surface area contributed by atoms with Crippen LogP contribution in [0.15, 0.2) is 36.4 Å². The number of hydrazine groups is 1. The highest BCUT2D eigenvalue weighted by Gasteiger charge is 2.09. The predicted octanol–water partition coefficient (Wildman–Crippen LogP) is 3.00. The van der Waals surface area contributed by atoms with Crippen molar-refractivity contribution in [2.24, 2.45) is 5.84 Å². The van der Waals surface area contributed by atoms with Crippen LogP contribution in [0, 0.1) is 12.7 Å². The molecule has 0 saturated heterocycles. The predicted molar refractivity (Wildman–Crippen MR) is 81.6 cm³/mol. The van der Waals surface area contributed by atoms with Gasteiger partial charge >= 0.3 is 0 Å². The maximum Gasteiger partial charge on any atom is 0.251 e. The van der Waals surface area contributed by atoms with Crippen LogP contribution in [0.3, 0.4) is 0 Å². The summed E-state index contributed by atoms with van der Waals surface area (Å²) in [4.78, 5) is 12.1. The molecule has 2 rings (SSSR count). The topological polar surface area (TPSA) is 67.1 Å². The Bertz CT molecular complexity index is 676. The molecule has 21 heavy (non-hydrogen) atoms. The highest BCUT2D eigenvalue weighted by Crippen LogP contribution is 2.17.